The lowest BCUT2D eigenvalue weighted by molar-refractivity contribution is 0.252. The lowest BCUT2D eigenvalue weighted by Crippen LogP contribution is -2.46. The number of anilines is 4. The molecule has 172 valence electrons. The van der Waals surface area contributed by atoms with Crippen molar-refractivity contribution in [3.05, 3.63) is 54.9 Å². The molecule has 7 nitrogen and oxygen atoms in total. The van der Waals surface area contributed by atoms with Gasteiger partial charge in [0, 0.05) is 69.1 Å². The maximum Gasteiger partial charge on any atom is 0.227 e. The van der Waals surface area contributed by atoms with Crippen LogP contribution < -0.4 is 15.1 Å². The van der Waals surface area contributed by atoms with Crippen LogP contribution in [0.4, 0.5) is 23.1 Å². The van der Waals surface area contributed by atoms with E-state index >= 15 is 0 Å². The first-order valence-electron chi connectivity index (χ1n) is 12.1. The zero-order chi connectivity index (χ0) is 22.5. The van der Waals surface area contributed by atoms with Crippen LogP contribution in [0.3, 0.4) is 0 Å². The van der Waals surface area contributed by atoms with Crippen LogP contribution in [0.5, 0.6) is 0 Å². The Kier molecular flexibility index (Phi) is 6.67. The summed E-state index contributed by atoms with van der Waals surface area (Å²) in [6.45, 7) is 6.65. The van der Waals surface area contributed by atoms with Gasteiger partial charge in [-0.15, -0.1) is 0 Å². The third kappa shape index (κ3) is 5.42. The number of pyridine rings is 1. The predicted molar refractivity (Wildman–Crippen MR) is 135 cm³/mol. The number of nitrogens with zero attached hydrogens (tertiary/aromatic N) is 6. The number of hydrogen-bond donors (Lipinski definition) is 1. The van der Waals surface area contributed by atoms with Gasteiger partial charge in [-0.05, 0) is 55.8 Å². The molecule has 8 rings (SSSR count). The second kappa shape index (κ2) is 10.2. The van der Waals surface area contributed by atoms with Gasteiger partial charge in [0.15, 0.2) is 0 Å². The molecule has 1 aromatic carbocycles. The van der Waals surface area contributed by atoms with Gasteiger partial charge in [0.05, 0.1) is 5.69 Å². The van der Waals surface area contributed by atoms with Gasteiger partial charge in [-0.3, -0.25) is 4.90 Å². The van der Waals surface area contributed by atoms with Gasteiger partial charge < -0.3 is 15.1 Å². The molecule has 7 heteroatoms. The van der Waals surface area contributed by atoms with Crippen molar-refractivity contribution in [1.29, 1.82) is 0 Å². The fourth-order valence-corrected chi connectivity index (χ4v) is 4.63. The first kappa shape index (κ1) is 21.6. The summed E-state index contributed by atoms with van der Waals surface area (Å²) in [5.74, 6) is 1.60. The van der Waals surface area contributed by atoms with Gasteiger partial charge >= 0.3 is 0 Å². The highest BCUT2D eigenvalue weighted by Crippen LogP contribution is 2.25. The number of piperazine rings is 1. The summed E-state index contributed by atoms with van der Waals surface area (Å²) in [5.41, 5.74) is 4.11. The van der Waals surface area contributed by atoms with Crippen molar-refractivity contribution in [2.45, 2.75) is 25.7 Å². The second-order valence-corrected chi connectivity index (χ2v) is 9.01. The molecule has 0 unspecified atom stereocenters. The van der Waals surface area contributed by atoms with Crippen molar-refractivity contribution in [1.82, 2.24) is 19.9 Å². The van der Waals surface area contributed by atoms with Crippen molar-refractivity contribution in [2.75, 3.05) is 61.4 Å². The summed E-state index contributed by atoms with van der Waals surface area (Å²) in [5, 5.41) is 3.39. The summed E-state index contributed by atoms with van der Waals surface area (Å²) in [6, 6.07) is 14.7. The highest BCUT2D eigenvalue weighted by Gasteiger charge is 2.17. The minimum Gasteiger partial charge on any atom is -0.369 e. The SMILES string of the molecule is CN1CCCCCCN2CCN(CC2)c2cccc(c2)Nc2nccc(n2)-c2ccc1nc2. The standard InChI is InChI=1S/C26H33N7/c1-31-13-4-2-3-5-14-32-15-17-33(18-16-32)23-8-6-7-22(19-23)29-26-27-12-11-24(30-26)21-9-10-25(31)28-20-21/h6-12,19-20H,2-5,13-18H2,1H3,(H,27,29,30). The molecule has 0 radical (unpaired) electrons. The van der Waals surface area contributed by atoms with Crippen LogP contribution in [0.2, 0.25) is 0 Å². The molecular formula is C26H33N7. The molecule has 1 saturated heterocycles. The first-order valence-corrected chi connectivity index (χ1v) is 12.1. The third-order valence-corrected chi connectivity index (χ3v) is 6.65. The average Bonchev–Trinajstić information content (AvgIpc) is 2.86. The smallest absolute Gasteiger partial charge is 0.227 e. The van der Waals surface area contributed by atoms with Gasteiger partial charge in [-0.2, -0.15) is 0 Å². The summed E-state index contributed by atoms with van der Waals surface area (Å²) in [7, 11) is 2.13. The average molecular weight is 444 g/mol. The molecule has 7 heterocycles. The monoisotopic (exact) mass is 443 g/mol. The summed E-state index contributed by atoms with van der Waals surface area (Å²) in [4.78, 5) is 21.2. The highest BCUT2D eigenvalue weighted by molar-refractivity contribution is 5.65. The van der Waals surface area contributed by atoms with E-state index in [1.54, 1.807) is 6.20 Å². The lowest BCUT2D eigenvalue weighted by atomic mass is 10.1. The zero-order valence-electron chi connectivity index (χ0n) is 19.5. The van der Waals surface area contributed by atoms with Crippen molar-refractivity contribution < 1.29 is 0 Å². The van der Waals surface area contributed by atoms with Gasteiger partial charge in [0.25, 0.3) is 0 Å². The fraction of sp³-hybridized carbons (Fsp3) is 0.423. The van der Waals surface area contributed by atoms with E-state index in [1.807, 2.05) is 12.3 Å². The molecule has 3 aromatic rings. The number of rotatable bonds is 0. The predicted octanol–water partition coefficient (Wildman–Crippen LogP) is 4.41. The van der Waals surface area contributed by atoms with Crippen LogP contribution in [0.15, 0.2) is 54.9 Å². The van der Waals surface area contributed by atoms with E-state index in [9.17, 15) is 0 Å². The highest BCUT2D eigenvalue weighted by atomic mass is 15.3. The summed E-state index contributed by atoms with van der Waals surface area (Å²) in [6.07, 6.45) is 8.75. The van der Waals surface area contributed by atoms with Crippen molar-refractivity contribution in [3.63, 3.8) is 0 Å². The zero-order valence-corrected chi connectivity index (χ0v) is 19.5. The molecule has 0 atom stereocenters. The molecule has 0 amide bonds. The topological polar surface area (TPSA) is 60.4 Å². The molecule has 8 bridgehead atoms. The summed E-state index contributed by atoms with van der Waals surface area (Å²) < 4.78 is 0. The fourth-order valence-electron chi connectivity index (χ4n) is 4.63. The number of benzene rings is 1. The van der Waals surface area contributed by atoms with Crippen molar-refractivity contribution >= 4 is 23.1 Å². The van der Waals surface area contributed by atoms with Crippen LogP contribution in [0, 0.1) is 0 Å². The molecule has 5 aliphatic rings. The molecule has 1 N–H and O–H groups in total. The van der Waals surface area contributed by atoms with Gasteiger partial charge in [0.1, 0.15) is 5.82 Å². The van der Waals surface area contributed by atoms with Gasteiger partial charge in [0.2, 0.25) is 5.95 Å². The molecule has 0 aliphatic carbocycles. The first-order chi connectivity index (χ1) is 16.2. The normalized spacial score (nSPS) is 17.8. The Morgan fingerprint density at radius 2 is 1.67 bits per heavy atom. The van der Waals surface area contributed by atoms with Gasteiger partial charge in [-0.1, -0.05) is 18.9 Å². The van der Waals surface area contributed by atoms with E-state index in [2.05, 4.69) is 73.4 Å². The lowest BCUT2D eigenvalue weighted by Gasteiger charge is -2.36. The molecule has 2 aromatic heterocycles. The van der Waals surface area contributed by atoms with Crippen LogP contribution in [-0.2, 0) is 0 Å². The van der Waals surface area contributed by atoms with E-state index in [0.29, 0.717) is 5.95 Å². The van der Waals surface area contributed by atoms with Crippen LogP contribution in [-0.4, -0.2) is 66.2 Å². The molecule has 0 saturated carbocycles. The minimum atomic E-state index is 0.595. The Morgan fingerprint density at radius 1 is 0.818 bits per heavy atom. The van der Waals surface area contributed by atoms with E-state index in [-0.39, 0.29) is 0 Å². The molecule has 1 fully saturated rings. The van der Waals surface area contributed by atoms with Crippen LogP contribution >= 0.6 is 0 Å². The Morgan fingerprint density at radius 3 is 2.48 bits per heavy atom. The van der Waals surface area contributed by atoms with E-state index in [1.165, 1.54) is 37.9 Å². The van der Waals surface area contributed by atoms with E-state index < -0.39 is 0 Å². The maximum atomic E-state index is 4.74. The van der Waals surface area contributed by atoms with Crippen LogP contribution in [0.25, 0.3) is 11.3 Å². The molecule has 0 spiro atoms. The third-order valence-electron chi connectivity index (χ3n) is 6.65. The Bertz CT molecular complexity index is 1040. The Labute approximate surface area is 196 Å². The van der Waals surface area contributed by atoms with Gasteiger partial charge in [-0.25, -0.2) is 15.0 Å². The van der Waals surface area contributed by atoms with Crippen molar-refractivity contribution in [2.24, 2.45) is 0 Å². The van der Waals surface area contributed by atoms with Crippen LogP contribution in [0.1, 0.15) is 25.7 Å². The molecular weight excluding hydrogens is 410 g/mol. The second-order valence-electron chi connectivity index (χ2n) is 9.01. The number of hydrogen-bond acceptors (Lipinski definition) is 7. The number of aromatic nitrogens is 3. The largest absolute Gasteiger partial charge is 0.369 e. The van der Waals surface area contributed by atoms with Crippen molar-refractivity contribution in [3.8, 4) is 11.3 Å². The van der Waals surface area contributed by atoms with E-state index in [4.69, 9.17) is 4.98 Å². The maximum absolute atomic E-state index is 4.74. The Balaban J connectivity index is 1.40. The molecule has 5 aliphatic heterocycles. The van der Waals surface area contributed by atoms with E-state index in [0.717, 1.165) is 55.5 Å². The Hall–Kier alpha value is -3.19. The quantitative estimate of drug-likeness (QED) is 0.552. The molecule has 33 heavy (non-hydrogen) atoms. The number of nitrogens with one attached hydrogen (secondary N) is 1. The minimum absolute atomic E-state index is 0.595. The summed E-state index contributed by atoms with van der Waals surface area (Å²) >= 11 is 0.